The van der Waals surface area contributed by atoms with Gasteiger partial charge in [0.05, 0.1) is 17.7 Å². The Labute approximate surface area is 270 Å². The zero-order valence-corrected chi connectivity index (χ0v) is 28.5. The Morgan fingerprint density at radius 3 is 2.33 bits per heavy atom. The third-order valence-corrected chi connectivity index (χ3v) is 9.16. The predicted octanol–water partition coefficient (Wildman–Crippen LogP) is -1.07. The lowest BCUT2D eigenvalue weighted by molar-refractivity contribution is -0.182. The molecule has 240 valence electrons. The summed E-state index contributed by atoms with van der Waals surface area (Å²) in [5.74, 6) is -1.72. The van der Waals surface area contributed by atoms with Gasteiger partial charge >= 0.3 is 0 Å². The van der Waals surface area contributed by atoms with Crippen LogP contribution >= 0.6 is 0 Å². The third-order valence-electron chi connectivity index (χ3n) is 9.16. The first kappa shape index (κ1) is 36.4. The highest BCUT2D eigenvalue weighted by Gasteiger charge is 2.62. The van der Waals surface area contributed by atoms with Gasteiger partial charge in [0.25, 0.3) is 11.8 Å². The standard InChI is InChI=1S/C31H47B4FN4O5/c1-7-8-9-23-22(16-40(25(23)42)30(44,26(43)37-6)31(34,35)29(32,33)19-41)14-38-13-21-12-20(10-11-24(21)36)15-39-17-27(2,3)45-28(4,5)18-39/h7-12,14,19,38,44H,13,15-18,32-35H2,1-6H3,(H,37,43)/b8-7-,22-14+,23-9+. The van der Waals surface area contributed by atoms with Gasteiger partial charge in [-0.1, -0.05) is 18.2 Å². The summed E-state index contributed by atoms with van der Waals surface area (Å²) in [5, 5.41) is 15.1. The zero-order chi connectivity index (χ0) is 34.0. The van der Waals surface area contributed by atoms with Crippen LogP contribution in [0.3, 0.4) is 0 Å². The van der Waals surface area contributed by atoms with Crippen molar-refractivity contribution in [2.24, 2.45) is 0 Å². The molecule has 3 rings (SSSR count). The van der Waals surface area contributed by atoms with Crippen LogP contribution in [0.5, 0.6) is 0 Å². The van der Waals surface area contributed by atoms with Crippen molar-refractivity contribution in [2.75, 3.05) is 26.7 Å². The van der Waals surface area contributed by atoms with Gasteiger partial charge in [0, 0.05) is 56.1 Å². The van der Waals surface area contributed by atoms with Gasteiger partial charge in [-0.2, -0.15) is 0 Å². The van der Waals surface area contributed by atoms with Crippen LogP contribution in [0.4, 0.5) is 4.39 Å². The first-order valence-corrected chi connectivity index (χ1v) is 15.4. The second-order valence-corrected chi connectivity index (χ2v) is 14.5. The molecule has 1 unspecified atom stereocenters. The minimum Gasteiger partial charge on any atom is -0.386 e. The predicted molar refractivity (Wildman–Crippen MR) is 185 cm³/mol. The topological polar surface area (TPSA) is 111 Å². The maximum absolute atomic E-state index is 14.9. The fraction of sp³-hybridized carbons (Fsp3) is 0.516. The van der Waals surface area contributed by atoms with Crippen LogP contribution in [0.25, 0.3) is 0 Å². The van der Waals surface area contributed by atoms with E-state index in [0.29, 0.717) is 24.0 Å². The van der Waals surface area contributed by atoms with Gasteiger partial charge in [0.2, 0.25) is 5.72 Å². The summed E-state index contributed by atoms with van der Waals surface area (Å²) in [6, 6.07) is 5.10. The molecule has 2 saturated heterocycles. The van der Waals surface area contributed by atoms with E-state index in [1.54, 1.807) is 68.8 Å². The van der Waals surface area contributed by atoms with Gasteiger partial charge < -0.3 is 25.3 Å². The summed E-state index contributed by atoms with van der Waals surface area (Å²) in [7, 11) is 7.79. The monoisotopic (exact) mass is 618 g/mol. The summed E-state index contributed by atoms with van der Waals surface area (Å²) in [6.07, 6.45) is 7.37. The van der Waals surface area contributed by atoms with Crippen LogP contribution < -0.4 is 10.6 Å². The van der Waals surface area contributed by atoms with Crippen LogP contribution in [0.2, 0.25) is 10.4 Å². The van der Waals surface area contributed by atoms with E-state index >= 15 is 0 Å². The maximum atomic E-state index is 14.9. The third kappa shape index (κ3) is 7.50. The lowest BCUT2D eigenvalue weighted by Gasteiger charge is -2.52. The lowest BCUT2D eigenvalue weighted by Crippen LogP contribution is -2.68. The van der Waals surface area contributed by atoms with E-state index < -0.39 is 28.0 Å². The second-order valence-electron chi connectivity index (χ2n) is 14.5. The molecule has 1 aromatic rings. The molecule has 2 heterocycles. The lowest BCUT2D eigenvalue weighted by atomic mass is 9.27. The number of rotatable bonds is 11. The molecular weight excluding hydrogens is 571 g/mol. The Balaban J connectivity index is 1.90. The van der Waals surface area contributed by atoms with Crippen LogP contribution in [-0.4, -0.2) is 108 Å². The highest BCUT2D eigenvalue weighted by Crippen LogP contribution is 2.51. The molecule has 2 fully saturated rings. The fourth-order valence-electron chi connectivity index (χ4n) is 6.34. The zero-order valence-electron chi connectivity index (χ0n) is 28.5. The molecule has 14 heteroatoms. The van der Waals surface area contributed by atoms with E-state index in [1.807, 2.05) is 6.07 Å². The summed E-state index contributed by atoms with van der Waals surface area (Å²) < 4.78 is 21.1. The number of hydrogen-bond acceptors (Lipinski definition) is 7. The van der Waals surface area contributed by atoms with Gasteiger partial charge in [0.1, 0.15) is 43.5 Å². The number of nitrogens with zero attached hydrogens (tertiary/aromatic N) is 2. The summed E-state index contributed by atoms with van der Waals surface area (Å²) in [6.45, 7) is 12.3. The van der Waals surface area contributed by atoms with Crippen molar-refractivity contribution >= 4 is 49.5 Å². The van der Waals surface area contributed by atoms with Crippen molar-refractivity contribution < 1.29 is 28.6 Å². The number of aliphatic hydroxyl groups is 1. The highest BCUT2D eigenvalue weighted by molar-refractivity contribution is 6.60. The van der Waals surface area contributed by atoms with Gasteiger partial charge in [0.15, 0.2) is 0 Å². The van der Waals surface area contributed by atoms with Gasteiger partial charge in [-0.15, -0.1) is 0 Å². The Morgan fingerprint density at radius 1 is 1.16 bits per heavy atom. The molecule has 0 aliphatic carbocycles. The number of nitrogens with one attached hydrogen (secondary N) is 2. The molecule has 1 atom stereocenters. The van der Waals surface area contributed by atoms with Crippen LogP contribution in [0.1, 0.15) is 45.7 Å². The minimum absolute atomic E-state index is 0.109. The summed E-state index contributed by atoms with van der Waals surface area (Å²) >= 11 is 0. The van der Waals surface area contributed by atoms with Crippen molar-refractivity contribution in [1.29, 1.82) is 0 Å². The van der Waals surface area contributed by atoms with E-state index in [-0.39, 0.29) is 35.7 Å². The molecule has 0 radical (unpaired) electrons. The molecule has 0 bridgehead atoms. The number of halogens is 1. The average Bonchev–Trinajstić information content (AvgIpc) is 3.25. The highest BCUT2D eigenvalue weighted by atomic mass is 19.1. The number of likely N-dealkylation sites (tertiary alicyclic amines) is 1. The normalized spacial score (nSPS) is 22.1. The van der Waals surface area contributed by atoms with Crippen LogP contribution in [0, 0.1) is 5.82 Å². The molecule has 0 aromatic heterocycles. The van der Waals surface area contributed by atoms with Gasteiger partial charge in [-0.05, 0) is 68.8 Å². The first-order chi connectivity index (χ1) is 20.7. The SMILES string of the molecule is BC(B)(C=O)C(B)(B)C(O)(C(=O)NC)N1CC(=C\NCc2cc(CN3CC(C)(C)OC(C)(C)C3)ccc2F)/C(=C\C=C/C)C1=O. The molecule has 9 nitrogen and oxygen atoms in total. The van der Waals surface area contributed by atoms with E-state index in [2.05, 4.69) is 43.2 Å². The van der Waals surface area contributed by atoms with E-state index in [9.17, 15) is 23.9 Å². The fourth-order valence-corrected chi connectivity index (χ4v) is 6.34. The Morgan fingerprint density at radius 2 is 1.78 bits per heavy atom. The summed E-state index contributed by atoms with van der Waals surface area (Å²) in [5.41, 5.74) is -0.745. The number of ether oxygens (including phenoxy) is 1. The van der Waals surface area contributed by atoms with Crippen molar-refractivity contribution in [3.05, 3.63) is 70.7 Å². The number of hydrogen-bond donors (Lipinski definition) is 3. The number of carbonyl (C=O) groups excluding carboxylic acids is 3. The van der Waals surface area contributed by atoms with E-state index in [4.69, 9.17) is 4.74 Å². The molecule has 0 spiro atoms. The molecule has 2 amide bonds. The second kappa shape index (κ2) is 13.3. The van der Waals surface area contributed by atoms with Gasteiger partial charge in [-0.25, -0.2) is 4.39 Å². The largest absolute Gasteiger partial charge is 0.386 e. The summed E-state index contributed by atoms with van der Waals surface area (Å²) in [4.78, 5) is 42.6. The van der Waals surface area contributed by atoms with E-state index in [0.717, 1.165) is 23.6 Å². The quantitative estimate of drug-likeness (QED) is 0.165. The maximum Gasteiger partial charge on any atom is 0.272 e. The number of allylic oxidation sites excluding steroid dienone is 3. The Kier molecular flexibility index (Phi) is 10.8. The minimum atomic E-state index is -2.36. The van der Waals surface area contributed by atoms with Gasteiger partial charge in [-0.3, -0.25) is 19.4 Å². The van der Waals surface area contributed by atoms with E-state index in [1.165, 1.54) is 13.1 Å². The van der Waals surface area contributed by atoms with Crippen LogP contribution in [0.15, 0.2) is 53.8 Å². The number of benzene rings is 1. The van der Waals surface area contributed by atoms with Crippen molar-refractivity contribution in [3.63, 3.8) is 0 Å². The van der Waals surface area contributed by atoms with Crippen LogP contribution in [-0.2, 0) is 32.2 Å². The molecule has 45 heavy (non-hydrogen) atoms. The number of carbonyl (C=O) groups is 3. The van der Waals surface area contributed by atoms with Crippen molar-refractivity contribution in [3.8, 4) is 0 Å². The molecule has 2 aliphatic rings. The number of aldehydes is 1. The molecule has 3 N–H and O–H groups in total. The molecule has 1 aromatic carbocycles. The Bertz CT molecular complexity index is 1400. The first-order valence-electron chi connectivity index (χ1n) is 15.4. The molecule has 0 saturated carbocycles. The van der Waals surface area contributed by atoms with Crippen molar-refractivity contribution in [2.45, 2.75) is 75.1 Å². The number of likely N-dealkylation sites (N-methyl/N-ethyl adjacent to an activating group) is 1. The number of morpholine rings is 1. The molecular formula is C31H47B4FN4O5. The smallest absolute Gasteiger partial charge is 0.272 e. The molecule has 2 aliphatic heterocycles. The number of amides is 2. The Hall–Kier alpha value is -3.08. The van der Waals surface area contributed by atoms with Crippen molar-refractivity contribution in [1.82, 2.24) is 20.4 Å². The average molecular weight is 618 g/mol.